The van der Waals surface area contributed by atoms with E-state index in [9.17, 15) is 4.79 Å². The average Bonchev–Trinajstić information content (AvgIpc) is 3.14. The van der Waals surface area contributed by atoms with Gasteiger partial charge in [-0.2, -0.15) is 5.10 Å². The summed E-state index contributed by atoms with van der Waals surface area (Å²) in [5.41, 5.74) is 5.71. The fourth-order valence-corrected chi connectivity index (χ4v) is 3.46. The summed E-state index contributed by atoms with van der Waals surface area (Å²) in [5, 5.41) is 8.33. The summed E-state index contributed by atoms with van der Waals surface area (Å²) in [6, 6.07) is 16.6. The Balaban J connectivity index is 1.58. The number of nitrogens with zero attached hydrogens (tertiary/aromatic N) is 2. The van der Waals surface area contributed by atoms with Gasteiger partial charge in [0.25, 0.3) is 0 Å². The minimum Gasteiger partial charge on any atom is -0.422 e. The smallest absolute Gasteiger partial charge is 0.345 e. The Bertz CT molecular complexity index is 1210. The van der Waals surface area contributed by atoms with Crippen molar-refractivity contribution in [2.75, 3.05) is 5.43 Å². The van der Waals surface area contributed by atoms with Gasteiger partial charge in [0.1, 0.15) is 5.58 Å². The highest BCUT2D eigenvalue weighted by Crippen LogP contribution is 2.26. The molecule has 0 aliphatic rings. The first-order valence-electron chi connectivity index (χ1n) is 8.15. The van der Waals surface area contributed by atoms with Crippen LogP contribution >= 0.6 is 22.9 Å². The van der Waals surface area contributed by atoms with E-state index in [2.05, 4.69) is 15.5 Å². The largest absolute Gasteiger partial charge is 0.422 e. The van der Waals surface area contributed by atoms with Crippen LogP contribution in [0, 0.1) is 0 Å². The van der Waals surface area contributed by atoms with E-state index in [0.717, 1.165) is 16.6 Å². The molecule has 0 fully saturated rings. The normalized spacial score (nSPS) is 11.7. The first kappa shape index (κ1) is 17.5. The number of benzene rings is 2. The second-order valence-corrected chi connectivity index (χ2v) is 7.14. The zero-order valence-corrected chi connectivity index (χ0v) is 15.8. The van der Waals surface area contributed by atoms with E-state index in [1.54, 1.807) is 19.1 Å². The Kier molecular flexibility index (Phi) is 4.75. The zero-order valence-electron chi connectivity index (χ0n) is 14.3. The Morgan fingerprint density at radius 3 is 2.89 bits per heavy atom. The van der Waals surface area contributed by atoms with E-state index in [1.165, 1.54) is 11.3 Å². The van der Waals surface area contributed by atoms with Gasteiger partial charge in [0.2, 0.25) is 5.13 Å². The predicted octanol–water partition coefficient (Wildman–Crippen LogP) is 5.41. The Labute approximate surface area is 164 Å². The van der Waals surface area contributed by atoms with E-state index >= 15 is 0 Å². The summed E-state index contributed by atoms with van der Waals surface area (Å²) >= 11 is 7.45. The molecule has 1 N–H and O–H groups in total. The maximum absolute atomic E-state index is 12.2. The van der Waals surface area contributed by atoms with Gasteiger partial charge in [0.15, 0.2) is 0 Å². The maximum atomic E-state index is 12.2. The molecule has 4 rings (SSSR count). The molecule has 2 aromatic carbocycles. The molecule has 0 bridgehead atoms. The molecule has 7 heteroatoms. The number of fused-ring (bicyclic) bond motifs is 1. The van der Waals surface area contributed by atoms with Crippen molar-refractivity contribution < 1.29 is 4.42 Å². The van der Waals surface area contributed by atoms with Crippen LogP contribution in [0.4, 0.5) is 5.13 Å². The molecular formula is C20H14ClN3O2S. The van der Waals surface area contributed by atoms with Gasteiger partial charge in [0.05, 0.1) is 17.0 Å². The molecule has 134 valence electrons. The minimum absolute atomic E-state index is 0.410. The second-order valence-electron chi connectivity index (χ2n) is 5.84. The third-order valence-electron chi connectivity index (χ3n) is 3.98. The molecule has 0 unspecified atom stereocenters. The highest BCUT2D eigenvalue weighted by Gasteiger charge is 2.09. The standard InChI is InChI=1S/C20H14ClN3O2S/c1-12(16-10-14-5-2-3-8-18(14)26-19(16)25)23-24-20-22-17(11-27-20)13-6-4-7-15(21)9-13/h2-11H,1H3,(H,22,24). The number of nitrogens with one attached hydrogen (secondary N) is 1. The van der Waals surface area contributed by atoms with Crippen molar-refractivity contribution in [3.05, 3.63) is 81.0 Å². The maximum Gasteiger partial charge on any atom is 0.345 e. The predicted molar refractivity (Wildman–Crippen MR) is 111 cm³/mol. The lowest BCUT2D eigenvalue weighted by atomic mass is 10.1. The van der Waals surface area contributed by atoms with Crippen LogP contribution in [0.5, 0.6) is 0 Å². The van der Waals surface area contributed by atoms with Gasteiger partial charge in [-0.3, -0.25) is 5.43 Å². The Hall–Kier alpha value is -2.96. The number of rotatable bonds is 4. The fourth-order valence-electron chi connectivity index (χ4n) is 2.61. The Morgan fingerprint density at radius 1 is 1.19 bits per heavy atom. The lowest BCUT2D eigenvalue weighted by molar-refractivity contribution is 0.559. The van der Waals surface area contributed by atoms with Crippen LogP contribution < -0.4 is 11.1 Å². The van der Waals surface area contributed by atoms with Crippen molar-refractivity contribution in [1.29, 1.82) is 0 Å². The van der Waals surface area contributed by atoms with Crippen molar-refractivity contribution in [1.82, 2.24) is 4.98 Å². The summed E-state index contributed by atoms with van der Waals surface area (Å²) in [6.07, 6.45) is 0. The monoisotopic (exact) mass is 395 g/mol. The topological polar surface area (TPSA) is 67.5 Å². The summed E-state index contributed by atoms with van der Waals surface area (Å²) in [5.74, 6) is 0. The van der Waals surface area contributed by atoms with E-state index in [0.29, 0.717) is 27.0 Å². The van der Waals surface area contributed by atoms with Crippen LogP contribution in [0.2, 0.25) is 5.02 Å². The van der Waals surface area contributed by atoms with E-state index in [-0.39, 0.29) is 0 Å². The molecule has 0 aliphatic heterocycles. The molecular weight excluding hydrogens is 382 g/mol. The average molecular weight is 396 g/mol. The summed E-state index contributed by atoms with van der Waals surface area (Å²) in [4.78, 5) is 16.7. The highest BCUT2D eigenvalue weighted by atomic mass is 35.5. The van der Waals surface area contributed by atoms with E-state index < -0.39 is 5.63 Å². The van der Waals surface area contributed by atoms with Crippen LogP contribution in [0.25, 0.3) is 22.2 Å². The zero-order chi connectivity index (χ0) is 18.8. The van der Waals surface area contributed by atoms with Crippen molar-refractivity contribution >= 4 is 44.8 Å². The summed E-state index contributed by atoms with van der Waals surface area (Å²) < 4.78 is 5.35. The summed E-state index contributed by atoms with van der Waals surface area (Å²) in [7, 11) is 0. The number of para-hydroxylation sites is 1. The molecule has 4 aromatic rings. The van der Waals surface area contributed by atoms with Crippen LogP contribution in [0.15, 0.2) is 74.3 Å². The second kappa shape index (κ2) is 7.34. The molecule has 27 heavy (non-hydrogen) atoms. The molecule has 0 spiro atoms. The Morgan fingerprint density at radius 2 is 2.04 bits per heavy atom. The number of anilines is 1. The van der Waals surface area contributed by atoms with E-state index in [4.69, 9.17) is 16.0 Å². The van der Waals surface area contributed by atoms with Gasteiger partial charge in [-0.05, 0) is 31.2 Å². The van der Waals surface area contributed by atoms with Crippen LogP contribution in [-0.2, 0) is 0 Å². The molecule has 0 amide bonds. The molecule has 2 heterocycles. The van der Waals surface area contributed by atoms with Gasteiger partial charge in [0, 0.05) is 21.4 Å². The van der Waals surface area contributed by atoms with Crippen molar-refractivity contribution in [3.63, 3.8) is 0 Å². The molecule has 2 aromatic heterocycles. The van der Waals surface area contributed by atoms with Gasteiger partial charge < -0.3 is 4.42 Å². The van der Waals surface area contributed by atoms with Crippen molar-refractivity contribution in [2.45, 2.75) is 6.92 Å². The third-order valence-corrected chi connectivity index (χ3v) is 4.96. The van der Waals surface area contributed by atoms with Gasteiger partial charge >= 0.3 is 5.63 Å². The van der Waals surface area contributed by atoms with Gasteiger partial charge in [-0.15, -0.1) is 11.3 Å². The van der Waals surface area contributed by atoms with Crippen LogP contribution in [-0.4, -0.2) is 10.7 Å². The molecule has 0 radical (unpaired) electrons. The molecule has 0 saturated heterocycles. The van der Waals surface area contributed by atoms with Crippen molar-refractivity contribution in [2.24, 2.45) is 5.10 Å². The number of hydrogen-bond acceptors (Lipinski definition) is 6. The minimum atomic E-state index is -0.421. The fraction of sp³-hybridized carbons (Fsp3) is 0.0500. The van der Waals surface area contributed by atoms with Crippen LogP contribution in [0.1, 0.15) is 12.5 Å². The number of halogens is 1. The van der Waals surface area contributed by atoms with E-state index in [1.807, 2.05) is 47.8 Å². The molecule has 0 aliphatic carbocycles. The van der Waals surface area contributed by atoms with Crippen LogP contribution in [0.3, 0.4) is 0 Å². The van der Waals surface area contributed by atoms with Gasteiger partial charge in [-0.25, -0.2) is 9.78 Å². The van der Waals surface area contributed by atoms with Crippen molar-refractivity contribution in [3.8, 4) is 11.3 Å². The SMILES string of the molecule is CC(=NNc1nc(-c2cccc(Cl)c2)cs1)c1cc2ccccc2oc1=O. The third kappa shape index (κ3) is 3.77. The van der Waals surface area contributed by atoms with Gasteiger partial charge in [-0.1, -0.05) is 41.9 Å². The first-order valence-corrected chi connectivity index (χ1v) is 9.41. The molecule has 0 saturated carbocycles. The lowest BCUT2D eigenvalue weighted by Crippen LogP contribution is -2.13. The summed E-state index contributed by atoms with van der Waals surface area (Å²) in [6.45, 7) is 1.75. The molecule has 5 nitrogen and oxygen atoms in total. The first-order chi connectivity index (χ1) is 13.1. The quantitative estimate of drug-likeness (QED) is 0.285. The highest BCUT2D eigenvalue weighted by molar-refractivity contribution is 7.14. The lowest BCUT2D eigenvalue weighted by Gasteiger charge is -2.02. The number of hydrogen-bond donors (Lipinski definition) is 1. The number of aromatic nitrogens is 1. The number of thiazole rings is 1. The number of hydrazone groups is 1. The molecule has 0 atom stereocenters.